The van der Waals surface area contributed by atoms with Crippen LogP contribution in [0.3, 0.4) is 0 Å². The van der Waals surface area contributed by atoms with Crippen molar-refractivity contribution in [3.05, 3.63) is 66.0 Å². The lowest BCUT2D eigenvalue weighted by atomic mass is 10.1. The smallest absolute Gasteiger partial charge is 0.159 e. The van der Waals surface area contributed by atoms with E-state index in [2.05, 4.69) is 15.5 Å². The normalized spacial score (nSPS) is 12.1. The SMILES string of the molecule is OC(COc1ccc(-n2cnnn2)cc1)c1ccc(F)c(F)c1. The number of hydrogen-bond donors (Lipinski definition) is 1. The van der Waals surface area contributed by atoms with Crippen molar-refractivity contribution >= 4 is 0 Å². The molecule has 0 saturated heterocycles. The topological polar surface area (TPSA) is 73.1 Å². The molecule has 0 aliphatic carbocycles. The maximum absolute atomic E-state index is 13.1. The highest BCUT2D eigenvalue weighted by molar-refractivity contribution is 5.36. The number of aliphatic hydroxyl groups is 1. The number of ether oxygens (including phenoxy) is 1. The molecule has 0 fully saturated rings. The predicted octanol–water partition coefficient (Wildman–Crippen LogP) is 2.05. The minimum absolute atomic E-state index is 0.0880. The van der Waals surface area contributed by atoms with Crippen LogP contribution in [0.4, 0.5) is 8.78 Å². The Labute approximate surface area is 129 Å². The summed E-state index contributed by atoms with van der Waals surface area (Å²) in [5.41, 5.74) is 0.998. The van der Waals surface area contributed by atoms with Crippen molar-refractivity contribution in [3.63, 3.8) is 0 Å². The molecule has 0 radical (unpaired) electrons. The quantitative estimate of drug-likeness (QED) is 0.779. The van der Waals surface area contributed by atoms with E-state index in [0.29, 0.717) is 5.75 Å². The first-order valence-electron chi connectivity index (χ1n) is 6.73. The third-order valence-electron chi connectivity index (χ3n) is 3.19. The van der Waals surface area contributed by atoms with Gasteiger partial charge in [0.05, 0.1) is 5.69 Å². The summed E-state index contributed by atoms with van der Waals surface area (Å²) in [6, 6.07) is 10.1. The van der Waals surface area contributed by atoms with Gasteiger partial charge in [0.25, 0.3) is 0 Å². The van der Waals surface area contributed by atoms with Gasteiger partial charge in [-0.3, -0.25) is 0 Å². The van der Waals surface area contributed by atoms with Crippen molar-refractivity contribution < 1.29 is 18.6 Å². The lowest BCUT2D eigenvalue weighted by molar-refractivity contribution is 0.108. The van der Waals surface area contributed by atoms with E-state index in [1.165, 1.54) is 17.1 Å². The van der Waals surface area contributed by atoms with Gasteiger partial charge in [0.2, 0.25) is 0 Å². The minimum Gasteiger partial charge on any atom is -0.491 e. The molecule has 0 amide bonds. The summed E-state index contributed by atoms with van der Waals surface area (Å²) in [6.45, 7) is -0.0880. The summed E-state index contributed by atoms with van der Waals surface area (Å²) < 4.78 is 32.9. The maximum atomic E-state index is 13.1. The second kappa shape index (κ2) is 6.49. The maximum Gasteiger partial charge on any atom is 0.159 e. The molecule has 3 aromatic rings. The van der Waals surface area contributed by atoms with Crippen molar-refractivity contribution in [1.82, 2.24) is 20.2 Å². The highest BCUT2D eigenvalue weighted by Gasteiger charge is 2.12. The van der Waals surface area contributed by atoms with Gasteiger partial charge in [-0.05, 0) is 52.4 Å². The van der Waals surface area contributed by atoms with Gasteiger partial charge in [0.15, 0.2) is 11.6 Å². The average molecular weight is 318 g/mol. The number of nitrogens with zero attached hydrogens (tertiary/aromatic N) is 4. The summed E-state index contributed by atoms with van der Waals surface area (Å²) in [4.78, 5) is 0. The Balaban J connectivity index is 1.62. The van der Waals surface area contributed by atoms with Crippen LogP contribution in [0.5, 0.6) is 5.75 Å². The molecular weight excluding hydrogens is 306 g/mol. The Hall–Kier alpha value is -2.87. The number of hydrogen-bond acceptors (Lipinski definition) is 5. The summed E-state index contributed by atoms with van der Waals surface area (Å²) in [7, 11) is 0. The largest absolute Gasteiger partial charge is 0.491 e. The molecule has 0 aliphatic heterocycles. The van der Waals surface area contributed by atoms with Crippen LogP contribution in [-0.4, -0.2) is 31.9 Å². The molecule has 1 aromatic heterocycles. The monoisotopic (exact) mass is 318 g/mol. The molecule has 1 N–H and O–H groups in total. The Kier molecular flexibility index (Phi) is 4.24. The number of tetrazole rings is 1. The third kappa shape index (κ3) is 3.49. The Bertz CT molecular complexity index is 779. The van der Waals surface area contributed by atoms with E-state index in [4.69, 9.17) is 4.74 Å². The fourth-order valence-electron chi connectivity index (χ4n) is 1.97. The van der Waals surface area contributed by atoms with Crippen molar-refractivity contribution in [2.45, 2.75) is 6.10 Å². The van der Waals surface area contributed by atoms with E-state index < -0.39 is 17.7 Å². The molecule has 1 atom stereocenters. The molecule has 3 rings (SSSR count). The average Bonchev–Trinajstić information content (AvgIpc) is 3.10. The summed E-state index contributed by atoms with van der Waals surface area (Å²) in [5.74, 6) is -1.45. The first kappa shape index (κ1) is 15.0. The van der Waals surface area contributed by atoms with E-state index in [0.717, 1.165) is 17.8 Å². The van der Waals surface area contributed by atoms with Crippen LogP contribution in [0.25, 0.3) is 5.69 Å². The molecule has 23 heavy (non-hydrogen) atoms. The van der Waals surface area contributed by atoms with Gasteiger partial charge < -0.3 is 9.84 Å². The van der Waals surface area contributed by atoms with E-state index in [-0.39, 0.29) is 12.2 Å². The molecule has 1 heterocycles. The third-order valence-corrected chi connectivity index (χ3v) is 3.19. The molecule has 0 saturated carbocycles. The first-order valence-corrected chi connectivity index (χ1v) is 6.73. The Morgan fingerprint density at radius 2 is 1.87 bits per heavy atom. The molecule has 0 spiro atoms. The van der Waals surface area contributed by atoms with Crippen LogP contribution in [0.1, 0.15) is 11.7 Å². The number of halogens is 2. The Morgan fingerprint density at radius 1 is 1.09 bits per heavy atom. The number of rotatable bonds is 5. The first-order chi connectivity index (χ1) is 11.1. The second-order valence-electron chi connectivity index (χ2n) is 4.75. The van der Waals surface area contributed by atoms with Crippen molar-refractivity contribution in [2.75, 3.05) is 6.61 Å². The van der Waals surface area contributed by atoms with Crippen molar-refractivity contribution in [3.8, 4) is 11.4 Å². The van der Waals surface area contributed by atoms with Crippen LogP contribution < -0.4 is 4.74 Å². The summed E-state index contributed by atoms with van der Waals surface area (Å²) in [6.07, 6.45) is 0.396. The van der Waals surface area contributed by atoms with E-state index >= 15 is 0 Å². The standard InChI is InChI=1S/C15H12F2N4O2/c16-13-6-1-10(7-14(13)17)15(22)8-23-12-4-2-11(3-5-12)21-9-18-19-20-21/h1-7,9,15,22H,8H2. The predicted molar refractivity (Wildman–Crippen MR) is 76.0 cm³/mol. The Morgan fingerprint density at radius 3 is 2.52 bits per heavy atom. The minimum atomic E-state index is -1.07. The van der Waals surface area contributed by atoms with Crippen molar-refractivity contribution in [1.29, 1.82) is 0 Å². The highest BCUT2D eigenvalue weighted by Crippen LogP contribution is 2.19. The van der Waals surface area contributed by atoms with Gasteiger partial charge in [-0.1, -0.05) is 6.07 Å². The molecule has 2 aromatic carbocycles. The van der Waals surface area contributed by atoms with Crippen LogP contribution in [0, 0.1) is 11.6 Å². The molecular formula is C15H12F2N4O2. The van der Waals surface area contributed by atoms with Crippen molar-refractivity contribution in [2.24, 2.45) is 0 Å². The zero-order chi connectivity index (χ0) is 16.2. The van der Waals surface area contributed by atoms with Crippen LogP contribution in [0.2, 0.25) is 0 Å². The lowest BCUT2D eigenvalue weighted by Crippen LogP contribution is -2.10. The molecule has 118 valence electrons. The molecule has 0 aliphatic rings. The summed E-state index contributed by atoms with van der Waals surface area (Å²) >= 11 is 0. The van der Waals surface area contributed by atoms with Crippen LogP contribution >= 0.6 is 0 Å². The fraction of sp³-hybridized carbons (Fsp3) is 0.133. The van der Waals surface area contributed by atoms with Gasteiger partial charge >= 0.3 is 0 Å². The van der Waals surface area contributed by atoms with E-state index in [1.807, 2.05) is 0 Å². The second-order valence-corrected chi connectivity index (χ2v) is 4.75. The van der Waals surface area contributed by atoms with Gasteiger partial charge in [0, 0.05) is 0 Å². The van der Waals surface area contributed by atoms with Gasteiger partial charge in [0.1, 0.15) is 24.8 Å². The molecule has 1 unspecified atom stereocenters. The van der Waals surface area contributed by atoms with Crippen LogP contribution in [-0.2, 0) is 0 Å². The van der Waals surface area contributed by atoms with Gasteiger partial charge in [-0.25, -0.2) is 13.5 Å². The zero-order valence-corrected chi connectivity index (χ0v) is 11.8. The molecule has 8 heteroatoms. The molecule has 6 nitrogen and oxygen atoms in total. The number of aliphatic hydroxyl groups excluding tert-OH is 1. The fourth-order valence-corrected chi connectivity index (χ4v) is 1.97. The zero-order valence-electron chi connectivity index (χ0n) is 11.8. The van der Waals surface area contributed by atoms with E-state index in [9.17, 15) is 13.9 Å². The number of aromatic nitrogens is 4. The highest BCUT2D eigenvalue weighted by atomic mass is 19.2. The van der Waals surface area contributed by atoms with Gasteiger partial charge in [-0.15, -0.1) is 5.10 Å². The van der Waals surface area contributed by atoms with Gasteiger partial charge in [-0.2, -0.15) is 0 Å². The number of benzene rings is 2. The van der Waals surface area contributed by atoms with Crippen LogP contribution in [0.15, 0.2) is 48.8 Å². The van der Waals surface area contributed by atoms with E-state index in [1.54, 1.807) is 24.3 Å². The molecule has 0 bridgehead atoms. The lowest BCUT2D eigenvalue weighted by Gasteiger charge is -2.13. The summed E-state index contributed by atoms with van der Waals surface area (Å²) in [5, 5.41) is 20.8.